The number of halogens is 2. The zero-order chi connectivity index (χ0) is 15.7. The maximum atomic E-state index is 11.9. The van der Waals surface area contributed by atoms with Crippen LogP contribution in [0.2, 0.25) is 0 Å². The predicted octanol–water partition coefficient (Wildman–Crippen LogP) is 1.05. The van der Waals surface area contributed by atoms with E-state index in [2.05, 4.69) is 14.8 Å². The van der Waals surface area contributed by atoms with Crippen LogP contribution >= 0.6 is 0 Å². The Kier molecular flexibility index (Phi) is 7.10. The Morgan fingerprint density at radius 1 is 1.19 bits per heavy atom. The smallest absolute Gasteiger partial charge is 0.387 e. The molecule has 21 heavy (non-hydrogen) atoms. The Morgan fingerprint density at radius 2 is 1.86 bits per heavy atom. The first-order chi connectivity index (χ1) is 9.97. The molecule has 116 valence electrons. The lowest BCUT2D eigenvalue weighted by atomic mass is 10.1. The Balaban J connectivity index is 2.23. The van der Waals surface area contributed by atoms with Crippen molar-refractivity contribution in [1.82, 2.24) is 5.32 Å². The molecule has 1 aromatic rings. The van der Waals surface area contributed by atoms with Crippen molar-refractivity contribution in [3.8, 4) is 5.75 Å². The molecule has 0 unspecified atom stereocenters. The third-order valence-electron chi connectivity index (χ3n) is 2.34. The molecule has 0 bridgehead atoms. The first-order valence-electron chi connectivity index (χ1n) is 6.07. The van der Waals surface area contributed by atoms with Crippen LogP contribution in [-0.2, 0) is 20.7 Å². The second kappa shape index (κ2) is 8.85. The molecule has 1 amide bonds. The van der Waals surface area contributed by atoms with E-state index in [4.69, 9.17) is 5.11 Å². The summed E-state index contributed by atoms with van der Waals surface area (Å²) in [5.74, 6) is -1.50. The van der Waals surface area contributed by atoms with Crippen LogP contribution < -0.4 is 10.1 Å². The summed E-state index contributed by atoms with van der Waals surface area (Å²) in [4.78, 5) is 21.4. The van der Waals surface area contributed by atoms with Crippen LogP contribution in [0.3, 0.4) is 0 Å². The third kappa shape index (κ3) is 7.83. The predicted molar refractivity (Wildman–Crippen MR) is 68.2 cm³/mol. The average Bonchev–Trinajstić information content (AvgIpc) is 2.39. The molecule has 0 aliphatic heterocycles. The third-order valence-corrected chi connectivity index (χ3v) is 2.34. The molecule has 2 N–H and O–H groups in total. The minimum absolute atomic E-state index is 0.0693. The minimum atomic E-state index is -2.86. The minimum Gasteiger partial charge on any atom is -0.480 e. The molecule has 0 fully saturated rings. The van der Waals surface area contributed by atoms with Crippen molar-refractivity contribution in [1.29, 1.82) is 0 Å². The number of hydrogen-bond acceptors (Lipinski definition) is 4. The monoisotopic (exact) mass is 303 g/mol. The summed E-state index contributed by atoms with van der Waals surface area (Å²) in [5.41, 5.74) is 0.836. The Hall–Kier alpha value is -2.22. The number of carbonyl (C=O) groups excluding carboxylic acids is 1. The fourth-order valence-corrected chi connectivity index (χ4v) is 1.47. The second-order valence-corrected chi connectivity index (χ2v) is 4.01. The summed E-state index contributed by atoms with van der Waals surface area (Å²) < 4.78 is 32.7. The van der Waals surface area contributed by atoms with Gasteiger partial charge in [-0.3, -0.25) is 4.79 Å². The zero-order valence-corrected chi connectivity index (χ0v) is 11.1. The Labute approximate surface area is 119 Å². The molecule has 8 heteroatoms. The van der Waals surface area contributed by atoms with E-state index in [0.717, 1.165) is 5.56 Å². The van der Waals surface area contributed by atoms with Crippen LogP contribution in [0.4, 0.5) is 8.78 Å². The Morgan fingerprint density at radius 3 is 2.43 bits per heavy atom. The number of carboxylic acids is 1. The fraction of sp³-hybridized carbons (Fsp3) is 0.385. The number of hydrogen-bond donors (Lipinski definition) is 2. The lowest BCUT2D eigenvalue weighted by Crippen LogP contribution is -2.30. The molecule has 0 spiro atoms. The quantitative estimate of drug-likeness (QED) is 0.712. The molecule has 0 radical (unpaired) electrons. The molecule has 1 rings (SSSR count). The summed E-state index contributed by atoms with van der Waals surface area (Å²) in [6.45, 7) is -3.39. The van der Waals surface area contributed by atoms with Crippen molar-refractivity contribution in [3.63, 3.8) is 0 Å². The lowest BCUT2D eigenvalue weighted by molar-refractivity contribution is -0.143. The van der Waals surface area contributed by atoms with Gasteiger partial charge in [0.05, 0.1) is 0 Å². The van der Waals surface area contributed by atoms with Crippen LogP contribution in [-0.4, -0.2) is 43.4 Å². The standard InChI is InChI=1S/C13H15F2NO5/c14-13(15)21-10-3-1-9(2-4-10)5-6-16-11(17)7-20-8-12(18)19/h1-4,13H,5-8H2,(H,16,17)(H,18,19). The molecule has 0 aliphatic carbocycles. The average molecular weight is 303 g/mol. The highest BCUT2D eigenvalue weighted by molar-refractivity contribution is 5.77. The number of rotatable bonds is 9. The summed E-state index contributed by atoms with van der Waals surface area (Å²) in [6.07, 6.45) is 0.500. The van der Waals surface area contributed by atoms with Crippen molar-refractivity contribution in [2.45, 2.75) is 13.0 Å². The van der Waals surface area contributed by atoms with Crippen LogP contribution in [0.15, 0.2) is 24.3 Å². The van der Waals surface area contributed by atoms with Gasteiger partial charge in [-0.2, -0.15) is 8.78 Å². The number of aliphatic carboxylic acids is 1. The van der Waals surface area contributed by atoms with Gasteiger partial charge in [-0.25, -0.2) is 4.79 Å². The van der Waals surface area contributed by atoms with Gasteiger partial charge in [0.2, 0.25) is 5.91 Å². The van der Waals surface area contributed by atoms with Gasteiger partial charge in [0.1, 0.15) is 19.0 Å². The molecule has 0 saturated heterocycles. The highest BCUT2D eigenvalue weighted by Gasteiger charge is 2.05. The highest BCUT2D eigenvalue weighted by atomic mass is 19.3. The summed E-state index contributed by atoms with van der Waals surface area (Å²) in [6, 6.07) is 6.06. The Bertz CT molecular complexity index is 464. The van der Waals surface area contributed by atoms with Crippen molar-refractivity contribution in [3.05, 3.63) is 29.8 Å². The number of nitrogens with one attached hydrogen (secondary N) is 1. The van der Waals surface area contributed by atoms with Gasteiger partial charge in [0.15, 0.2) is 0 Å². The van der Waals surface area contributed by atoms with Crippen LogP contribution in [0.25, 0.3) is 0 Å². The van der Waals surface area contributed by atoms with Crippen LogP contribution in [0.5, 0.6) is 5.75 Å². The number of amides is 1. The summed E-state index contributed by atoms with van der Waals surface area (Å²) >= 11 is 0. The number of alkyl halides is 2. The van der Waals surface area contributed by atoms with Gasteiger partial charge in [-0.1, -0.05) is 12.1 Å². The summed E-state index contributed by atoms with van der Waals surface area (Å²) in [5, 5.41) is 10.9. The highest BCUT2D eigenvalue weighted by Crippen LogP contribution is 2.14. The molecule has 0 heterocycles. The van der Waals surface area contributed by atoms with Gasteiger partial charge in [0, 0.05) is 6.54 Å². The van der Waals surface area contributed by atoms with Gasteiger partial charge < -0.3 is 19.9 Å². The molecular formula is C13H15F2NO5. The maximum absolute atomic E-state index is 11.9. The van der Waals surface area contributed by atoms with E-state index in [9.17, 15) is 18.4 Å². The van der Waals surface area contributed by atoms with Crippen LogP contribution in [0.1, 0.15) is 5.56 Å². The molecule has 1 aromatic carbocycles. The molecule has 0 aromatic heterocycles. The zero-order valence-electron chi connectivity index (χ0n) is 11.1. The first kappa shape index (κ1) is 16.8. The van der Waals surface area contributed by atoms with E-state index in [0.29, 0.717) is 13.0 Å². The van der Waals surface area contributed by atoms with Gasteiger partial charge in [-0.15, -0.1) is 0 Å². The van der Waals surface area contributed by atoms with E-state index in [1.165, 1.54) is 12.1 Å². The van der Waals surface area contributed by atoms with Gasteiger partial charge in [-0.05, 0) is 24.1 Å². The largest absolute Gasteiger partial charge is 0.480 e. The first-order valence-corrected chi connectivity index (χ1v) is 6.07. The molecule has 0 saturated carbocycles. The fourth-order valence-electron chi connectivity index (χ4n) is 1.47. The SMILES string of the molecule is O=C(O)COCC(=O)NCCc1ccc(OC(F)F)cc1. The lowest BCUT2D eigenvalue weighted by Gasteiger charge is -2.07. The van der Waals surface area contributed by atoms with Crippen molar-refractivity contribution < 1.29 is 33.0 Å². The summed E-state index contributed by atoms with van der Waals surface area (Å²) in [7, 11) is 0. The van der Waals surface area contributed by atoms with E-state index in [-0.39, 0.29) is 12.4 Å². The van der Waals surface area contributed by atoms with E-state index in [1.807, 2.05) is 0 Å². The van der Waals surface area contributed by atoms with Crippen molar-refractivity contribution >= 4 is 11.9 Å². The number of ether oxygens (including phenoxy) is 2. The van der Waals surface area contributed by atoms with E-state index >= 15 is 0 Å². The second-order valence-electron chi connectivity index (χ2n) is 4.01. The van der Waals surface area contributed by atoms with E-state index < -0.39 is 25.1 Å². The topological polar surface area (TPSA) is 84.9 Å². The van der Waals surface area contributed by atoms with E-state index in [1.54, 1.807) is 12.1 Å². The van der Waals surface area contributed by atoms with Crippen LogP contribution in [0, 0.1) is 0 Å². The number of carbonyl (C=O) groups is 2. The van der Waals surface area contributed by atoms with Crippen molar-refractivity contribution in [2.75, 3.05) is 19.8 Å². The van der Waals surface area contributed by atoms with Gasteiger partial charge >= 0.3 is 12.6 Å². The normalized spacial score (nSPS) is 10.4. The molecule has 0 atom stereocenters. The number of benzene rings is 1. The maximum Gasteiger partial charge on any atom is 0.387 e. The number of carboxylic acid groups (broad SMARTS) is 1. The van der Waals surface area contributed by atoms with Gasteiger partial charge in [0.25, 0.3) is 0 Å². The van der Waals surface area contributed by atoms with Crippen molar-refractivity contribution in [2.24, 2.45) is 0 Å². The molecular weight excluding hydrogens is 288 g/mol. The molecule has 0 aliphatic rings. The molecule has 6 nitrogen and oxygen atoms in total.